The van der Waals surface area contributed by atoms with Crippen molar-refractivity contribution >= 4 is 22.9 Å². The molecule has 0 saturated carbocycles. The second-order valence-electron chi connectivity index (χ2n) is 2.83. The van der Waals surface area contributed by atoms with Crippen molar-refractivity contribution in [1.82, 2.24) is 15.0 Å². The molecule has 0 aromatic carbocycles. The largest absolute Gasteiger partial charge is 0.241 e. The topological polar surface area (TPSA) is 38.7 Å². The molecule has 2 heterocycles. The van der Waals surface area contributed by atoms with Crippen LogP contribution in [0.25, 0.3) is 11.5 Å². The van der Waals surface area contributed by atoms with Gasteiger partial charge in [0.15, 0.2) is 5.82 Å². The molecule has 0 aliphatic rings. The number of aromatic nitrogens is 3. The van der Waals surface area contributed by atoms with Crippen LogP contribution in [0.4, 0.5) is 0 Å². The lowest BCUT2D eigenvalue weighted by molar-refractivity contribution is 1.04. The van der Waals surface area contributed by atoms with Gasteiger partial charge in [-0.25, -0.2) is 15.0 Å². The average Bonchev–Trinajstić information content (AvgIpc) is 2.69. The maximum Gasteiger partial charge on any atom is 0.179 e. The predicted octanol–water partition coefficient (Wildman–Crippen LogP) is 2.65. The highest BCUT2D eigenvalue weighted by Crippen LogP contribution is 2.16. The summed E-state index contributed by atoms with van der Waals surface area (Å²) in [6, 6.07) is 1.88. The minimum atomic E-state index is 0.403. The minimum Gasteiger partial charge on any atom is -0.241 e. The molecular weight excluding hydrogens is 218 g/mol. The van der Waals surface area contributed by atoms with E-state index in [0.29, 0.717) is 11.7 Å². The van der Waals surface area contributed by atoms with E-state index in [1.54, 1.807) is 5.51 Å². The quantitative estimate of drug-likeness (QED) is 0.738. The van der Waals surface area contributed by atoms with Crippen molar-refractivity contribution in [2.45, 2.75) is 12.8 Å². The van der Waals surface area contributed by atoms with Crippen LogP contribution in [0, 0.1) is 6.92 Å². The van der Waals surface area contributed by atoms with Gasteiger partial charge >= 0.3 is 0 Å². The molecule has 0 atom stereocenters. The van der Waals surface area contributed by atoms with Crippen molar-refractivity contribution in [3.63, 3.8) is 0 Å². The number of alkyl halides is 1. The van der Waals surface area contributed by atoms with Crippen molar-refractivity contribution < 1.29 is 0 Å². The van der Waals surface area contributed by atoms with Gasteiger partial charge in [0.2, 0.25) is 0 Å². The molecule has 0 unspecified atom stereocenters. The molecule has 0 aliphatic carbocycles. The molecule has 2 rings (SSSR count). The van der Waals surface area contributed by atoms with E-state index in [0.717, 1.165) is 17.1 Å². The smallest absolute Gasteiger partial charge is 0.179 e. The first-order valence-corrected chi connectivity index (χ1v) is 5.56. The Bertz CT molecular complexity index is 428. The molecule has 0 aliphatic heterocycles. The molecule has 0 bridgehead atoms. The van der Waals surface area contributed by atoms with Gasteiger partial charge in [-0.15, -0.1) is 22.9 Å². The third kappa shape index (κ3) is 1.91. The summed E-state index contributed by atoms with van der Waals surface area (Å²) in [6.07, 6.45) is 0. The Balaban J connectivity index is 2.48. The van der Waals surface area contributed by atoms with E-state index in [9.17, 15) is 0 Å². The molecule has 2 aromatic heterocycles. The highest BCUT2D eigenvalue weighted by atomic mass is 35.5. The Morgan fingerprint density at radius 2 is 2.29 bits per heavy atom. The fraction of sp³-hybridized carbons (Fsp3) is 0.222. The van der Waals surface area contributed by atoms with Gasteiger partial charge in [-0.2, -0.15) is 0 Å². The van der Waals surface area contributed by atoms with Crippen LogP contribution in [-0.2, 0) is 5.88 Å². The first-order chi connectivity index (χ1) is 6.79. The van der Waals surface area contributed by atoms with E-state index >= 15 is 0 Å². The van der Waals surface area contributed by atoms with Crippen LogP contribution in [0.2, 0.25) is 0 Å². The first kappa shape index (κ1) is 9.55. The van der Waals surface area contributed by atoms with Crippen molar-refractivity contribution in [2.75, 3.05) is 0 Å². The number of hydrogen-bond donors (Lipinski definition) is 0. The molecule has 72 valence electrons. The summed E-state index contributed by atoms with van der Waals surface area (Å²) in [5, 5.41) is 1.92. The van der Waals surface area contributed by atoms with E-state index in [1.165, 1.54) is 11.3 Å². The van der Waals surface area contributed by atoms with E-state index in [2.05, 4.69) is 15.0 Å². The van der Waals surface area contributed by atoms with Gasteiger partial charge in [-0.05, 0) is 13.0 Å². The minimum absolute atomic E-state index is 0.403. The van der Waals surface area contributed by atoms with E-state index < -0.39 is 0 Å². The Morgan fingerprint density at radius 3 is 2.93 bits per heavy atom. The fourth-order valence-electron chi connectivity index (χ4n) is 1.14. The Morgan fingerprint density at radius 1 is 1.43 bits per heavy atom. The predicted molar refractivity (Wildman–Crippen MR) is 57.4 cm³/mol. The van der Waals surface area contributed by atoms with E-state index in [4.69, 9.17) is 11.6 Å². The number of rotatable bonds is 2. The molecule has 0 spiro atoms. The maximum absolute atomic E-state index is 5.72. The van der Waals surface area contributed by atoms with E-state index in [-0.39, 0.29) is 0 Å². The highest BCUT2D eigenvalue weighted by Gasteiger charge is 2.05. The Kier molecular flexibility index (Phi) is 2.74. The second kappa shape index (κ2) is 4.02. The van der Waals surface area contributed by atoms with Gasteiger partial charge in [0.1, 0.15) is 5.69 Å². The summed E-state index contributed by atoms with van der Waals surface area (Å²) in [7, 11) is 0. The van der Waals surface area contributed by atoms with Crippen LogP contribution in [-0.4, -0.2) is 15.0 Å². The van der Waals surface area contributed by atoms with Gasteiger partial charge in [0.05, 0.1) is 17.1 Å². The molecule has 0 amide bonds. The van der Waals surface area contributed by atoms with E-state index in [1.807, 2.05) is 18.4 Å². The monoisotopic (exact) mass is 225 g/mol. The van der Waals surface area contributed by atoms with Crippen LogP contribution < -0.4 is 0 Å². The van der Waals surface area contributed by atoms with Crippen molar-refractivity contribution in [1.29, 1.82) is 0 Å². The van der Waals surface area contributed by atoms with Crippen molar-refractivity contribution in [3.05, 3.63) is 28.3 Å². The molecular formula is C9H8ClN3S. The summed E-state index contributed by atoms with van der Waals surface area (Å²) < 4.78 is 0. The van der Waals surface area contributed by atoms with Crippen LogP contribution in [0.3, 0.4) is 0 Å². The van der Waals surface area contributed by atoms with Crippen LogP contribution in [0.5, 0.6) is 0 Å². The maximum atomic E-state index is 5.72. The zero-order valence-corrected chi connectivity index (χ0v) is 9.14. The van der Waals surface area contributed by atoms with Crippen LogP contribution >= 0.6 is 22.9 Å². The molecule has 0 N–H and O–H groups in total. The lowest BCUT2D eigenvalue weighted by Crippen LogP contribution is -1.96. The second-order valence-corrected chi connectivity index (χ2v) is 3.82. The Hall–Kier alpha value is -1.00. The Labute approximate surface area is 90.8 Å². The SMILES string of the molecule is Cc1cc(CCl)nc(-c2cscn2)n1. The van der Waals surface area contributed by atoms with Crippen molar-refractivity contribution in [3.8, 4) is 11.5 Å². The van der Waals surface area contributed by atoms with Crippen LogP contribution in [0.1, 0.15) is 11.4 Å². The third-order valence-corrected chi connectivity index (χ3v) is 2.57. The molecule has 5 heteroatoms. The molecule has 2 aromatic rings. The summed E-state index contributed by atoms with van der Waals surface area (Å²) in [5.74, 6) is 1.06. The molecule has 0 fully saturated rings. The summed E-state index contributed by atoms with van der Waals surface area (Å²) in [5.41, 5.74) is 4.33. The lowest BCUT2D eigenvalue weighted by Gasteiger charge is -2.00. The van der Waals surface area contributed by atoms with Gasteiger partial charge in [-0.3, -0.25) is 0 Å². The normalized spacial score (nSPS) is 10.4. The van der Waals surface area contributed by atoms with Crippen molar-refractivity contribution in [2.24, 2.45) is 0 Å². The summed E-state index contributed by atoms with van der Waals surface area (Å²) in [4.78, 5) is 12.7. The summed E-state index contributed by atoms with van der Waals surface area (Å²) in [6.45, 7) is 1.92. The zero-order valence-electron chi connectivity index (χ0n) is 7.57. The van der Waals surface area contributed by atoms with Gasteiger partial charge in [-0.1, -0.05) is 0 Å². The highest BCUT2D eigenvalue weighted by molar-refractivity contribution is 7.07. The number of thiazole rings is 1. The lowest BCUT2D eigenvalue weighted by atomic mass is 10.3. The zero-order chi connectivity index (χ0) is 9.97. The number of nitrogens with zero attached hydrogens (tertiary/aromatic N) is 3. The molecule has 3 nitrogen and oxygen atoms in total. The summed E-state index contributed by atoms with van der Waals surface area (Å²) >= 11 is 7.25. The molecule has 0 saturated heterocycles. The first-order valence-electron chi connectivity index (χ1n) is 4.08. The number of halogens is 1. The molecule has 0 radical (unpaired) electrons. The van der Waals surface area contributed by atoms with Gasteiger partial charge in [0.25, 0.3) is 0 Å². The third-order valence-electron chi connectivity index (χ3n) is 1.71. The average molecular weight is 226 g/mol. The number of hydrogen-bond acceptors (Lipinski definition) is 4. The van der Waals surface area contributed by atoms with Gasteiger partial charge < -0.3 is 0 Å². The standard InChI is InChI=1S/C9H8ClN3S/c1-6-2-7(3-10)13-9(12-6)8-4-14-5-11-8/h2,4-5H,3H2,1H3. The van der Waals surface area contributed by atoms with Gasteiger partial charge in [0, 0.05) is 11.1 Å². The van der Waals surface area contributed by atoms with Crippen LogP contribution in [0.15, 0.2) is 17.0 Å². The number of aryl methyl sites for hydroxylation is 1. The molecule has 14 heavy (non-hydrogen) atoms. The fourth-order valence-corrected chi connectivity index (χ4v) is 1.81.